The van der Waals surface area contributed by atoms with Gasteiger partial charge in [0.05, 0.1) is 13.2 Å². The van der Waals surface area contributed by atoms with E-state index in [4.69, 9.17) is 9.47 Å². The van der Waals surface area contributed by atoms with Gasteiger partial charge in [0.2, 0.25) is 0 Å². The minimum Gasteiger partial charge on any atom is -0.382 e. The summed E-state index contributed by atoms with van der Waals surface area (Å²) in [6.45, 7) is 12.7. The zero-order valence-corrected chi connectivity index (χ0v) is 14.4. The van der Waals surface area contributed by atoms with E-state index >= 15 is 0 Å². The van der Waals surface area contributed by atoms with Crippen LogP contribution in [-0.2, 0) is 9.47 Å². The normalized spacial score (nSPS) is 14.1. The molecule has 1 heterocycles. The van der Waals surface area contributed by atoms with Crippen LogP contribution in [0.25, 0.3) is 18.2 Å². The third kappa shape index (κ3) is 8.28. The molecule has 0 aromatic heterocycles. The topological polar surface area (TPSA) is 21.8 Å². The standard InChI is InChI=1S/C10H10.C8H8.C4H8O2/c1-3-9-7-5-6-8-10(9)4-2;1-2-8-6-4-3-5-7-8;1-5-2-4-3-6-4/h3-8H,1-2H2;2-7H,1H2;4H,2-3H2,1H3. The molecule has 0 bridgehead atoms. The summed E-state index contributed by atoms with van der Waals surface area (Å²) in [4.78, 5) is 0. The molecule has 0 saturated carbocycles. The minimum absolute atomic E-state index is 0.426. The van der Waals surface area contributed by atoms with Crippen molar-refractivity contribution < 1.29 is 9.47 Å². The molecule has 0 aliphatic carbocycles. The van der Waals surface area contributed by atoms with Gasteiger partial charge in [-0.2, -0.15) is 0 Å². The van der Waals surface area contributed by atoms with Crippen LogP contribution < -0.4 is 0 Å². The first-order valence-corrected chi connectivity index (χ1v) is 7.87. The fraction of sp³-hybridized carbons (Fsp3) is 0.182. The molecule has 1 fully saturated rings. The number of ether oxygens (including phenoxy) is 2. The summed E-state index contributed by atoms with van der Waals surface area (Å²) in [5, 5.41) is 0. The highest BCUT2D eigenvalue weighted by molar-refractivity contribution is 5.63. The van der Waals surface area contributed by atoms with Gasteiger partial charge in [-0.1, -0.05) is 92.6 Å². The summed E-state index contributed by atoms with van der Waals surface area (Å²) >= 11 is 0. The molecule has 1 atom stereocenters. The van der Waals surface area contributed by atoms with E-state index in [-0.39, 0.29) is 0 Å². The molecule has 1 unspecified atom stereocenters. The van der Waals surface area contributed by atoms with Crippen LogP contribution in [0.15, 0.2) is 74.3 Å². The maximum atomic E-state index is 4.82. The van der Waals surface area contributed by atoms with Gasteiger partial charge in [-0.3, -0.25) is 0 Å². The number of rotatable bonds is 5. The zero-order chi connectivity index (χ0) is 17.6. The quantitative estimate of drug-likeness (QED) is 0.694. The van der Waals surface area contributed by atoms with Crippen molar-refractivity contribution in [3.8, 4) is 0 Å². The highest BCUT2D eigenvalue weighted by Crippen LogP contribution is 2.10. The summed E-state index contributed by atoms with van der Waals surface area (Å²) in [5.41, 5.74) is 3.45. The van der Waals surface area contributed by atoms with Crippen LogP contribution in [0.2, 0.25) is 0 Å². The van der Waals surface area contributed by atoms with Crippen LogP contribution in [0.5, 0.6) is 0 Å². The number of benzene rings is 2. The summed E-state index contributed by atoms with van der Waals surface area (Å²) in [6.07, 6.45) is 5.92. The molecule has 24 heavy (non-hydrogen) atoms. The second-order valence-corrected chi connectivity index (χ2v) is 5.06. The SMILES string of the molecule is C=Cc1ccccc1.C=Cc1ccccc1C=C.COCC1CO1. The molecule has 1 aliphatic rings. The molecule has 0 spiro atoms. The number of hydrogen-bond acceptors (Lipinski definition) is 2. The number of hydrogen-bond donors (Lipinski definition) is 0. The lowest BCUT2D eigenvalue weighted by atomic mass is 10.1. The van der Waals surface area contributed by atoms with E-state index in [0.29, 0.717) is 6.10 Å². The Labute approximate surface area is 145 Å². The highest BCUT2D eigenvalue weighted by Gasteiger charge is 2.21. The average Bonchev–Trinajstić information content (AvgIpc) is 3.48. The van der Waals surface area contributed by atoms with E-state index in [1.54, 1.807) is 7.11 Å². The van der Waals surface area contributed by atoms with Gasteiger partial charge in [0.1, 0.15) is 6.10 Å². The minimum atomic E-state index is 0.426. The number of methoxy groups -OCH3 is 1. The second kappa shape index (κ2) is 12.1. The predicted molar refractivity (Wildman–Crippen MR) is 105 cm³/mol. The highest BCUT2D eigenvalue weighted by atomic mass is 16.6. The van der Waals surface area contributed by atoms with E-state index in [1.165, 1.54) is 5.56 Å². The largest absolute Gasteiger partial charge is 0.382 e. The Morgan fingerprint density at radius 1 is 0.917 bits per heavy atom. The summed E-state index contributed by atoms with van der Waals surface area (Å²) < 4.78 is 9.56. The molecule has 1 aliphatic heterocycles. The van der Waals surface area contributed by atoms with Crippen molar-refractivity contribution in [2.24, 2.45) is 0 Å². The molecule has 0 N–H and O–H groups in total. The first kappa shape index (κ1) is 19.6. The van der Waals surface area contributed by atoms with Crippen molar-refractivity contribution in [3.05, 3.63) is 91.0 Å². The van der Waals surface area contributed by atoms with Gasteiger partial charge in [-0.05, 0) is 16.7 Å². The molecule has 3 rings (SSSR count). The van der Waals surface area contributed by atoms with Crippen LogP contribution in [0, 0.1) is 0 Å². The van der Waals surface area contributed by atoms with Crippen LogP contribution in [0.1, 0.15) is 16.7 Å². The average molecular weight is 322 g/mol. The summed E-state index contributed by atoms with van der Waals surface area (Å²) in [7, 11) is 1.68. The first-order chi connectivity index (χ1) is 11.7. The molecule has 1 saturated heterocycles. The summed E-state index contributed by atoms with van der Waals surface area (Å²) in [5.74, 6) is 0. The van der Waals surface area contributed by atoms with Crippen LogP contribution in [0.4, 0.5) is 0 Å². The Hall–Kier alpha value is -2.42. The van der Waals surface area contributed by atoms with Gasteiger partial charge >= 0.3 is 0 Å². The Balaban J connectivity index is 0.000000186. The predicted octanol–water partition coefficient (Wildman–Crippen LogP) is 5.33. The van der Waals surface area contributed by atoms with Gasteiger partial charge in [-0.25, -0.2) is 0 Å². The molecule has 2 heteroatoms. The monoisotopic (exact) mass is 322 g/mol. The van der Waals surface area contributed by atoms with E-state index in [0.717, 1.165) is 24.3 Å². The fourth-order valence-corrected chi connectivity index (χ4v) is 1.82. The molecule has 126 valence electrons. The van der Waals surface area contributed by atoms with Gasteiger partial charge in [0.15, 0.2) is 0 Å². The lowest BCUT2D eigenvalue weighted by Gasteiger charge is -1.96. The van der Waals surface area contributed by atoms with Crippen molar-refractivity contribution in [1.82, 2.24) is 0 Å². The van der Waals surface area contributed by atoms with Gasteiger partial charge in [0, 0.05) is 7.11 Å². The third-order valence-corrected chi connectivity index (χ3v) is 3.23. The maximum absolute atomic E-state index is 4.82. The van der Waals surface area contributed by atoms with Crippen molar-refractivity contribution in [2.75, 3.05) is 20.3 Å². The smallest absolute Gasteiger partial charge is 0.104 e. The Morgan fingerprint density at radius 2 is 1.42 bits per heavy atom. The van der Waals surface area contributed by atoms with Crippen molar-refractivity contribution in [3.63, 3.8) is 0 Å². The van der Waals surface area contributed by atoms with Crippen molar-refractivity contribution in [1.29, 1.82) is 0 Å². The van der Waals surface area contributed by atoms with Gasteiger partial charge < -0.3 is 9.47 Å². The second-order valence-electron chi connectivity index (χ2n) is 5.06. The van der Waals surface area contributed by atoms with Crippen molar-refractivity contribution >= 4 is 18.2 Å². The lowest BCUT2D eigenvalue weighted by molar-refractivity contribution is 0.171. The Bertz CT molecular complexity index is 586. The zero-order valence-electron chi connectivity index (χ0n) is 14.4. The maximum Gasteiger partial charge on any atom is 0.104 e. The third-order valence-electron chi connectivity index (χ3n) is 3.23. The molecular weight excluding hydrogens is 296 g/mol. The van der Waals surface area contributed by atoms with E-state index in [9.17, 15) is 0 Å². The van der Waals surface area contributed by atoms with Crippen molar-refractivity contribution in [2.45, 2.75) is 6.10 Å². The van der Waals surface area contributed by atoms with Gasteiger partial charge in [-0.15, -0.1) is 0 Å². The molecule has 0 radical (unpaired) electrons. The fourth-order valence-electron chi connectivity index (χ4n) is 1.82. The Kier molecular flexibility index (Phi) is 9.86. The number of epoxide rings is 1. The molecule has 0 amide bonds. The van der Waals surface area contributed by atoms with E-state index in [1.807, 2.05) is 72.8 Å². The lowest BCUT2D eigenvalue weighted by Crippen LogP contribution is -1.94. The molecule has 2 aromatic rings. The molecule has 2 nitrogen and oxygen atoms in total. The van der Waals surface area contributed by atoms with E-state index in [2.05, 4.69) is 19.7 Å². The Morgan fingerprint density at radius 3 is 1.71 bits per heavy atom. The summed E-state index contributed by atoms with van der Waals surface area (Å²) in [6, 6.07) is 18.0. The van der Waals surface area contributed by atoms with Crippen LogP contribution >= 0.6 is 0 Å². The first-order valence-electron chi connectivity index (χ1n) is 7.87. The van der Waals surface area contributed by atoms with Gasteiger partial charge in [0.25, 0.3) is 0 Å². The molecular formula is C22H26O2. The van der Waals surface area contributed by atoms with E-state index < -0.39 is 0 Å². The van der Waals surface area contributed by atoms with Crippen LogP contribution in [0.3, 0.4) is 0 Å². The van der Waals surface area contributed by atoms with Crippen LogP contribution in [-0.4, -0.2) is 26.4 Å². The molecule has 2 aromatic carbocycles.